The van der Waals surface area contributed by atoms with Gasteiger partial charge in [0, 0.05) is 12.6 Å². The fourth-order valence-electron chi connectivity index (χ4n) is 2.41. The van der Waals surface area contributed by atoms with E-state index in [0.717, 1.165) is 6.42 Å². The zero-order valence-electron chi connectivity index (χ0n) is 12.5. The molecule has 0 aliphatic carbocycles. The summed E-state index contributed by atoms with van der Waals surface area (Å²) in [6.45, 7) is 6.19. The third kappa shape index (κ3) is 3.39. The molecule has 0 radical (unpaired) electrons. The van der Waals surface area contributed by atoms with Crippen LogP contribution in [0.3, 0.4) is 0 Å². The summed E-state index contributed by atoms with van der Waals surface area (Å²) >= 11 is 0. The summed E-state index contributed by atoms with van der Waals surface area (Å²) in [7, 11) is 0. The van der Waals surface area contributed by atoms with Crippen LogP contribution in [0.4, 0.5) is 11.5 Å². The molecule has 0 aliphatic heterocycles. The summed E-state index contributed by atoms with van der Waals surface area (Å²) in [5.74, 6) is 0.489. The van der Waals surface area contributed by atoms with E-state index in [-0.39, 0.29) is 16.7 Å². The van der Waals surface area contributed by atoms with Crippen molar-refractivity contribution in [2.45, 2.75) is 39.8 Å². The molecule has 1 aromatic carbocycles. The van der Waals surface area contributed by atoms with Crippen molar-refractivity contribution in [3.05, 3.63) is 51.7 Å². The van der Waals surface area contributed by atoms with Crippen molar-refractivity contribution in [3.8, 4) is 0 Å². The molecular weight excluding hydrogens is 268 g/mol. The van der Waals surface area contributed by atoms with E-state index in [0.29, 0.717) is 18.1 Å². The number of rotatable bonds is 6. The Balaban J connectivity index is 2.20. The maximum absolute atomic E-state index is 11.2. The third-order valence-corrected chi connectivity index (χ3v) is 3.35. The maximum atomic E-state index is 11.2. The van der Waals surface area contributed by atoms with Crippen molar-refractivity contribution < 1.29 is 4.92 Å². The highest BCUT2D eigenvalue weighted by Gasteiger charge is 2.25. The van der Waals surface area contributed by atoms with Crippen LogP contribution in [0.1, 0.15) is 25.1 Å². The predicted octanol–water partition coefficient (Wildman–Crippen LogP) is 3.16. The first kappa shape index (κ1) is 15.0. The van der Waals surface area contributed by atoms with Gasteiger partial charge >= 0.3 is 5.69 Å². The summed E-state index contributed by atoms with van der Waals surface area (Å²) in [6, 6.07) is 10.1. The van der Waals surface area contributed by atoms with Crippen LogP contribution in [-0.2, 0) is 13.0 Å². The minimum absolute atomic E-state index is 0.0664. The molecule has 1 atom stereocenters. The zero-order valence-corrected chi connectivity index (χ0v) is 12.5. The molecule has 0 saturated carbocycles. The molecular formula is C15H20N4O2. The number of anilines is 1. The Kier molecular flexibility index (Phi) is 4.57. The van der Waals surface area contributed by atoms with Crippen LogP contribution in [0, 0.1) is 17.0 Å². The summed E-state index contributed by atoms with van der Waals surface area (Å²) in [5, 5.41) is 18.7. The van der Waals surface area contributed by atoms with E-state index in [1.165, 1.54) is 5.56 Å². The van der Waals surface area contributed by atoms with Crippen molar-refractivity contribution >= 4 is 11.5 Å². The van der Waals surface area contributed by atoms with Crippen molar-refractivity contribution in [3.63, 3.8) is 0 Å². The molecule has 0 spiro atoms. The second kappa shape index (κ2) is 6.39. The highest BCUT2D eigenvalue weighted by atomic mass is 16.6. The van der Waals surface area contributed by atoms with E-state index in [1.807, 2.05) is 32.0 Å². The Labute approximate surface area is 123 Å². The lowest BCUT2D eigenvalue weighted by Crippen LogP contribution is -2.21. The minimum Gasteiger partial charge on any atom is -0.362 e. The lowest BCUT2D eigenvalue weighted by Gasteiger charge is -2.15. The molecule has 0 bridgehead atoms. The maximum Gasteiger partial charge on any atom is 0.333 e. The van der Waals surface area contributed by atoms with Gasteiger partial charge in [-0.1, -0.05) is 30.3 Å². The highest BCUT2D eigenvalue weighted by molar-refractivity contribution is 5.60. The predicted molar refractivity (Wildman–Crippen MR) is 82.5 cm³/mol. The van der Waals surface area contributed by atoms with E-state index >= 15 is 0 Å². The van der Waals surface area contributed by atoms with Crippen LogP contribution in [0.2, 0.25) is 0 Å². The fraction of sp³-hybridized carbons (Fsp3) is 0.400. The third-order valence-electron chi connectivity index (χ3n) is 3.35. The Morgan fingerprint density at radius 2 is 2.05 bits per heavy atom. The highest BCUT2D eigenvalue weighted by Crippen LogP contribution is 2.29. The average Bonchev–Trinajstić information content (AvgIpc) is 2.75. The standard InChI is InChI=1S/C15H20N4O2/c1-4-18-15(14(19(20)21)12(3)17-18)16-11(2)10-13-8-6-5-7-9-13/h5-9,11,16H,4,10H2,1-3H3. The molecule has 2 aromatic rings. The molecule has 21 heavy (non-hydrogen) atoms. The van der Waals surface area contributed by atoms with Gasteiger partial charge in [-0.05, 0) is 32.8 Å². The molecule has 1 unspecified atom stereocenters. The van der Waals surface area contributed by atoms with Crippen molar-refractivity contribution in [1.82, 2.24) is 9.78 Å². The lowest BCUT2D eigenvalue weighted by molar-refractivity contribution is -0.384. The van der Waals surface area contributed by atoms with Crippen molar-refractivity contribution in [1.29, 1.82) is 0 Å². The second-order valence-electron chi connectivity index (χ2n) is 5.09. The van der Waals surface area contributed by atoms with E-state index in [4.69, 9.17) is 0 Å². The van der Waals surface area contributed by atoms with Crippen LogP contribution < -0.4 is 5.32 Å². The van der Waals surface area contributed by atoms with Gasteiger partial charge in [0.25, 0.3) is 0 Å². The molecule has 2 rings (SSSR count). The van der Waals surface area contributed by atoms with Gasteiger partial charge in [0.2, 0.25) is 5.82 Å². The smallest absolute Gasteiger partial charge is 0.333 e. The van der Waals surface area contributed by atoms with Crippen molar-refractivity contribution in [2.75, 3.05) is 5.32 Å². The van der Waals surface area contributed by atoms with Crippen LogP contribution in [0.15, 0.2) is 30.3 Å². The minimum atomic E-state index is -0.369. The Hall–Kier alpha value is -2.37. The zero-order chi connectivity index (χ0) is 15.4. The first-order chi connectivity index (χ1) is 10.0. The van der Waals surface area contributed by atoms with Gasteiger partial charge in [0.15, 0.2) is 0 Å². The van der Waals surface area contributed by atoms with Crippen molar-refractivity contribution in [2.24, 2.45) is 0 Å². The SMILES string of the molecule is CCn1nc(C)c([N+](=O)[O-])c1NC(C)Cc1ccccc1. The Bertz CT molecular complexity index is 622. The summed E-state index contributed by atoms with van der Waals surface area (Å²) in [5.41, 5.74) is 1.70. The van der Waals surface area contributed by atoms with Gasteiger partial charge < -0.3 is 5.32 Å². The van der Waals surface area contributed by atoms with Crippen LogP contribution in [0.5, 0.6) is 0 Å². The topological polar surface area (TPSA) is 73.0 Å². The van der Waals surface area contributed by atoms with E-state index in [1.54, 1.807) is 11.6 Å². The van der Waals surface area contributed by atoms with Gasteiger partial charge in [-0.2, -0.15) is 5.10 Å². The summed E-state index contributed by atoms with van der Waals surface area (Å²) < 4.78 is 1.65. The largest absolute Gasteiger partial charge is 0.362 e. The number of nitrogens with zero attached hydrogens (tertiary/aromatic N) is 3. The summed E-state index contributed by atoms with van der Waals surface area (Å²) in [4.78, 5) is 10.9. The quantitative estimate of drug-likeness (QED) is 0.654. The van der Waals surface area contributed by atoms with Gasteiger partial charge in [-0.25, -0.2) is 4.68 Å². The van der Waals surface area contributed by atoms with Crippen LogP contribution >= 0.6 is 0 Å². The summed E-state index contributed by atoms with van der Waals surface area (Å²) in [6.07, 6.45) is 0.798. The van der Waals surface area contributed by atoms with E-state index < -0.39 is 0 Å². The molecule has 112 valence electrons. The number of hydrogen-bond donors (Lipinski definition) is 1. The fourth-order valence-corrected chi connectivity index (χ4v) is 2.41. The monoisotopic (exact) mass is 288 g/mol. The number of nitrogens with one attached hydrogen (secondary N) is 1. The number of benzene rings is 1. The molecule has 1 heterocycles. The lowest BCUT2D eigenvalue weighted by atomic mass is 10.1. The molecule has 6 nitrogen and oxygen atoms in total. The Morgan fingerprint density at radius 1 is 1.38 bits per heavy atom. The molecule has 0 aliphatic rings. The van der Waals surface area contributed by atoms with Gasteiger partial charge in [-0.3, -0.25) is 10.1 Å². The first-order valence-corrected chi connectivity index (χ1v) is 7.05. The normalized spacial score (nSPS) is 12.1. The molecule has 6 heteroatoms. The van der Waals surface area contributed by atoms with Gasteiger partial charge in [-0.15, -0.1) is 0 Å². The average molecular weight is 288 g/mol. The number of aryl methyl sites for hydroxylation is 2. The number of nitro groups is 1. The second-order valence-corrected chi connectivity index (χ2v) is 5.09. The van der Waals surface area contributed by atoms with Crippen LogP contribution in [0.25, 0.3) is 0 Å². The first-order valence-electron chi connectivity index (χ1n) is 7.05. The van der Waals surface area contributed by atoms with Gasteiger partial charge in [0.1, 0.15) is 5.69 Å². The molecule has 0 saturated heterocycles. The molecule has 1 aromatic heterocycles. The van der Waals surface area contributed by atoms with Gasteiger partial charge in [0.05, 0.1) is 4.92 Å². The van der Waals surface area contributed by atoms with E-state index in [2.05, 4.69) is 22.5 Å². The molecule has 0 amide bonds. The van der Waals surface area contributed by atoms with E-state index in [9.17, 15) is 10.1 Å². The molecule has 0 fully saturated rings. The van der Waals surface area contributed by atoms with Crippen LogP contribution in [-0.4, -0.2) is 20.7 Å². The molecule has 1 N–H and O–H groups in total. The number of aromatic nitrogens is 2. The Morgan fingerprint density at radius 3 is 2.62 bits per heavy atom. The number of hydrogen-bond acceptors (Lipinski definition) is 4.